The summed E-state index contributed by atoms with van der Waals surface area (Å²) in [6, 6.07) is 23.7. The molecular formula is C28H34O3Se. The van der Waals surface area contributed by atoms with Crippen molar-refractivity contribution in [3.63, 3.8) is 0 Å². The summed E-state index contributed by atoms with van der Waals surface area (Å²) >= 11 is 0.325. The minimum atomic E-state index is -1.01. The first-order valence-electron chi connectivity index (χ1n) is 10.5. The first kappa shape index (κ1) is 25.7. The zero-order chi connectivity index (χ0) is 22.4. The minimum absolute atomic E-state index is 0. The number of hydrogen-bond acceptors (Lipinski definition) is 3. The Balaban J connectivity index is 0.00000363. The second-order valence-corrected chi connectivity index (χ2v) is 10.3. The second kappa shape index (κ2) is 11.4. The Labute approximate surface area is 199 Å². The van der Waals surface area contributed by atoms with Gasteiger partial charge in [0.1, 0.15) is 0 Å². The predicted octanol–water partition coefficient (Wildman–Crippen LogP) is 5.86. The Morgan fingerprint density at radius 3 is 2.06 bits per heavy atom. The number of carbonyl (C=O) groups is 1. The molecule has 0 amide bonds. The van der Waals surface area contributed by atoms with Crippen LogP contribution in [0.5, 0.6) is 5.75 Å². The molecule has 0 N–H and O–H groups in total. The van der Waals surface area contributed by atoms with E-state index < -0.39 is 5.60 Å². The summed E-state index contributed by atoms with van der Waals surface area (Å²) in [4.78, 5) is 12.1. The molecule has 0 unspecified atom stereocenters. The van der Waals surface area contributed by atoms with E-state index in [1.54, 1.807) is 20.8 Å². The maximum atomic E-state index is 12.1. The van der Waals surface area contributed by atoms with Crippen molar-refractivity contribution in [1.29, 1.82) is 0 Å². The molecule has 32 heavy (non-hydrogen) atoms. The van der Waals surface area contributed by atoms with Crippen LogP contribution in [0, 0.1) is 13.8 Å². The summed E-state index contributed by atoms with van der Waals surface area (Å²) in [6.07, 6.45) is 0. The molecule has 0 bridgehead atoms. The second-order valence-electron chi connectivity index (χ2n) is 8.11. The van der Waals surface area contributed by atoms with Gasteiger partial charge < -0.3 is 0 Å². The van der Waals surface area contributed by atoms with Crippen LogP contribution in [0.3, 0.4) is 0 Å². The van der Waals surface area contributed by atoms with Gasteiger partial charge in [0.2, 0.25) is 0 Å². The molecule has 0 fully saturated rings. The molecule has 0 spiro atoms. The van der Waals surface area contributed by atoms with Crippen LogP contribution in [-0.2, 0) is 14.9 Å². The fourth-order valence-electron chi connectivity index (χ4n) is 3.15. The molecule has 0 atom stereocenters. The molecule has 3 aromatic carbocycles. The predicted molar refractivity (Wildman–Crippen MR) is 135 cm³/mol. The molecule has 4 heteroatoms. The number of benzene rings is 3. The van der Waals surface area contributed by atoms with Crippen molar-refractivity contribution >= 4 is 25.4 Å². The van der Waals surface area contributed by atoms with Crippen molar-refractivity contribution in [2.75, 3.05) is 6.61 Å². The summed E-state index contributed by atoms with van der Waals surface area (Å²) < 4.78 is 12.4. The van der Waals surface area contributed by atoms with Crippen molar-refractivity contribution in [2.45, 2.75) is 53.0 Å². The summed E-state index contributed by atoms with van der Waals surface area (Å²) in [5.74, 6) is 0.372. The van der Waals surface area contributed by atoms with Crippen LogP contribution in [0.25, 0.3) is 11.1 Å². The summed E-state index contributed by atoms with van der Waals surface area (Å²) in [7, 11) is 0. The third-order valence-corrected chi connectivity index (χ3v) is 7.26. The van der Waals surface area contributed by atoms with Crippen LogP contribution >= 0.6 is 0 Å². The van der Waals surface area contributed by atoms with Crippen molar-refractivity contribution < 1.29 is 14.3 Å². The number of ether oxygens (including phenoxy) is 2. The SMILES string of the molecule is C.CCOC(=O)C(C)(C)Oc1ccc([Se]Cc2ccc(-c3ccc(C)cc3)cc2)cc1C. The Morgan fingerprint density at radius 1 is 0.906 bits per heavy atom. The van der Waals surface area contributed by atoms with Gasteiger partial charge in [0.25, 0.3) is 0 Å². The third-order valence-electron chi connectivity index (χ3n) is 5.02. The van der Waals surface area contributed by atoms with Crippen molar-refractivity contribution in [3.8, 4) is 16.9 Å². The molecule has 0 radical (unpaired) electrons. The Hall–Kier alpha value is -2.55. The molecule has 3 rings (SSSR count). The Bertz CT molecular complexity index is 1020. The van der Waals surface area contributed by atoms with Crippen molar-refractivity contribution in [3.05, 3.63) is 83.4 Å². The van der Waals surface area contributed by atoms with Crippen LogP contribution < -0.4 is 9.20 Å². The van der Waals surface area contributed by atoms with Crippen LogP contribution in [0.4, 0.5) is 0 Å². The van der Waals surface area contributed by atoms with Gasteiger partial charge in [-0.3, -0.25) is 0 Å². The van der Waals surface area contributed by atoms with Gasteiger partial charge in [-0.1, -0.05) is 7.43 Å². The quantitative estimate of drug-likeness (QED) is 0.289. The van der Waals surface area contributed by atoms with Crippen LogP contribution in [0.2, 0.25) is 0 Å². The van der Waals surface area contributed by atoms with Gasteiger partial charge in [-0.25, -0.2) is 0 Å². The monoisotopic (exact) mass is 498 g/mol. The Morgan fingerprint density at radius 2 is 1.50 bits per heavy atom. The normalized spacial score (nSPS) is 10.9. The van der Waals surface area contributed by atoms with E-state index >= 15 is 0 Å². The molecule has 0 heterocycles. The van der Waals surface area contributed by atoms with Crippen molar-refractivity contribution in [1.82, 2.24) is 0 Å². The van der Waals surface area contributed by atoms with E-state index in [4.69, 9.17) is 9.47 Å². The van der Waals surface area contributed by atoms with E-state index in [9.17, 15) is 4.79 Å². The fourth-order valence-corrected chi connectivity index (χ4v) is 5.15. The first-order chi connectivity index (χ1) is 14.8. The van der Waals surface area contributed by atoms with Gasteiger partial charge in [0.05, 0.1) is 0 Å². The number of aryl methyl sites for hydroxylation is 2. The molecule has 0 aliphatic rings. The van der Waals surface area contributed by atoms with Crippen LogP contribution in [-0.4, -0.2) is 33.1 Å². The van der Waals surface area contributed by atoms with E-state index in [0.717, 1.165) is 16.6 Å². The van der Waals surface area contributed by atoms with Gasteiger partial charge in [0, 0.05) is 0 Å². The molecule has 0 aromatic heterocycles. The summed E-state index contributed by atoms with van der Waals surface area (Å²) in [6.45, 7) is 9.75. The molecule has 0 saturated carbocycles. The molecule has 3 aromatic rings. The standard InChI is InChI=1S/C27H30O3Se.CH4/c1-6-29-26(28)27(4,5)30-25-16-15-24(17-20(25)3)31-18-21-9-13-23(14-10-21)22-11-7-19(2)8-12-22;/h7-17H,6,18H2,1-5H3;1H4. The molecule has 0 aliphatic heterocycles. The molecular weight excluding hydrogens is 463 g/mol. The maximum absolute atomic E-state index is 12.1. The van der Waals surface area contributed by atoms with Crippen LogP contribution in [0.1, 0.15) is 44.9 Å². The molecule has 0 saturated heterocycles. The van der Waals surface area contributed by atoms with Crippen LogP contribution in [0.15, 0.2) is 66.7 Å². The van der Waals surface area contributed by atoms with Crippen molar-refractivity contribution in [2.24, 2.45) is 0 Å². The molecule has 0 aliphatic carbocycles. The molecule has 170 valence electrons. The van der Waals surface area contributed by atoms with E-state index in [2.05, 4.69) is 67.6 Å². The van der Waals surface area contributed by atoms with Gasteiger partial charge in [0.15, 0.2) is 0 Å². The van der Waals surface area contributed by atoms with E-state index in [0.29, 0.717) is 21.6 Å². The first-order valence-corrected chi connectivity index (χ1v) is 12.6. The van der Waals surface area contributed by atoms with Gasteiger partial charge in [-0.15, -0.1) is 0 Å². The zero-order valence-electron chi connectivity index (χ0n) is 18.9. The average molecular weight is 498 g/mol. The number of esters is 1. The van der Waals surface area contributed by atoms with E-state index in [-0.39, 0.29) is 13.4 Å². The topological polar surface area (TPSA) is 35.5 Å². The summed E-state index contributed by atoms with van der Waals surface area (Å²) in [5, 5.41) is 1.04. The van der Waals surface area contributed by atoms with Gasteiger partial charge >= 0.3 is 192 Å². The van der Waals surface area contributed by atoms with Gasteiger partial charge in [-0.05, 0) is 0 Å². The Kier molecular flexibility index (Phi) is 9.12. The third kappa shape index (κ3) is 6.72. The van der Waals surface area contributed by atoms with Gasteiger partial charge in [-0.2, -0.15) is 0 Å². The number of hydrogen-bond donors (Lipinski definition) is 0. The van der Waals surface area contributed by atoms with E-state index in [1.807, 2.05) is 13.0 Å². The summed E-state index contributed by atoms with van der Waals surface area (Å²) in [5.41, 5.74) is 5.15. The van der Waals surface area contributed by atoms with E-state index in [1.165, 1.54) is 26.7 Å². The number of carbonyl (C=O) groups excluding carboxylic acids is 1. The zero-order valence-corrected chi connectivity index (χ0v) is 20.6. The fraction of sp³-hybridized carbons (Fsp3) is 0.321. The number of rotatable bonds is 8. The average Bonchev–Trinajstić information content (AvgIpc) is 2.75. The molecule has 3 nitrogen and oxygen atoms in total.